The van der Waals surface area contributed by atoms with Crippen LogP contribution in [-0.2, 0) is 11.8 Å². The summed E-state index contributed by atoms with van der Waals surface area (Å²) in [4.78, 5) is 21.0. The highest BCUT2D eigenvalue weighted by atomic mass is 16.5. The van der Waals surface area contributed by atoms with Crippen molar-refractivity contribution in [1.29, 1.82) is 0 Å². The molecule has 1 aromatic carbocycles. The molecule has 0 radical (unpaired) electrons. The van der Waals surface area contributed by atoms with E-state index in [0.717, 1.165) is 18.1 Å². The van der Waals surface area contributed by atoms with Crippen LogP contribution in [-0.4, -0.2) is 58.5 Å². The van der Waals surface area contributed by atoms with E-state index in [1.165, 1.54) is 0 Å². The molecule has 0 saturated carbocycles. The molecule has 1 saturated heterocycles. The number of hydrogen-bond acceptors (Lipinski definition) is 4. The summed E-state index contributed by atoms with van der Waals surface area (Å²) in [6.07, 6.45) is 3.73. The monoisotopic (exact) mass is 314 g/mol. The second-order valence-corrected chi connectivity index (χ2v) is 5.83. The Labute approximate surface area is 136 Å². The molecule has 0 N–H and O–H groups in total. The number of carbonyl (C=O) groups is 1. The predicted molar refractivity (Wildman–Crippen MR) is 87.1 cm³/mol. The Morgan fingerprint density at radius 2 is 2.04 bits per heavy atom. The van der Waals surface area contributed by atoms with Crippen LogP contribution in [0.15, 0.2) is 42.7 Å². The molecular weight excluding hydrogens is 292 g/mol. The zero-order chi connectivity index (χ0) is 16.2. The summed E-state index contributed by atoms with van der Waals surface area (Å²) in [5.41, 5.74) is 0. The number of amides is 1. The van der Waals surface area contributed by atoms with Crippen LogP contribution < -0.4 is 4.74 Å². The van der Waals surface area contributed by atoms with E-state index >= 15 is 0 Å². The standard InChI is InChI=1S/C17H22N4O2/c1-19-10-11-21(12-15(19)17-18-8-9-20(17)2)16(22)13-23-14-6-4-3-5-7-14/h3-9,15H,10-13H2,1-2H3/t15-/m1/s1. The molecule has 6 heteroatoms. The van der Waals surface area contributed by atoms with Crippen molar-refractivity contribution in [1.82, 2.24) is 19.4 Å². The van der Waals surface area contributed by atoms with Crippen molar-refractivity contribution in [2.45, 2.75) is 6.04 Å². The number of likely N-dealkylation sites (N-methyl/N-ethyl adjacent to an activating group) is 1. The molecule has 0 spiro atoms. The van der Waals surface area contributed by atoms with Crippen molar-refractivity contribution in [3.63, 3.8) is 0 Å². The third-order valence-corrected chi connectivity index (χ3v) is 4.26. The number of carbonyl (C=O) groups excluding carboxylic acids is 1. The molecule has 122 valence electrons. The highest BCUT2D eigenvalue weighted by Crippen LogP contribution is 2.22. The SMILES string of the molecule is CN1CCN(C(=O)COc2ccccc2)C[C@@H]1c1nccn1C. The number of rotatable bonds is 4. The molecule has 1 aliphatic heterocycles. The van der Waals surface area contributed by atoms with Gasteiger partial charge in [0.1, 0.15) is 11.6 Å². The van der Waals surface area contributed by atoms with E-state index in [1.54, 1.807) is 6.20 Å². The molecule has 1 atom stereocenters. The van der Waals surface area contributed by atoms with E-state index in [4.69, 9.17) is 4.74 Å². The Bertz CT molecular complexity index is 656. The van der Waals surface area contributed by atoms with Gasteiger partial charge in [0.05, 0.1) is 6.04 Å². The Hall–Kier alpha value is -2.34. The van der Waals surface area contributed by atoms with Crippen molar-refractivity contribution >= 4 is 5.91 Å². The average molecular weight is 314 g/mol. The second kappa shape index (κ2) is 6.83. The van der Waals surface area contributed by atoms with Gasteiger partial charge in [0.2, 0.25) is 0 Å². The minimum Gasteiger partial charge on any atom is -0.484 e. The van der Waals surface area contributed by atoms with Crippen LogP contribution in [0.4, 0.5) is 0 Å². The Morgan fingerprint density at radius 1 is 1.26 bits per heavy atom. The third-order valence-electron chi connectivity index (χ3n) is 4.26. The van der Waals surface area contributed by atoms with Crippen LogP contribution in [0, 0.1) is 0 Å². The summed E-state index contributed by atoms with van der Waals surface area (Å²) in [6.45, 7) is 2.25. The Morgan fingerprint density at radius 3 is 2.74 bits per heavy atom. The van der Waals surface area contributed by atoms with Crippen LogP contribution in [0.3, 0.4) is 0 Å². The Balaban J connectivity index is 1.62. The lowest BCUT2D eigenvalue weighted by atomic mass is 10.1. The van der Waals surface area contributed by atoms with Gasteiger partial charge in [0.25, 0.3) is 5.91 Å². The number of ether oxygens (including phenoxy) is 1. The van der Waals surface area contributed by atoms with Gasteiger partial charge in [-0.1, -0.05) is 18.2 Å². The van der Waals surface area contributed by atoms with Crippen LogP contribution >= 0.6 is 0 Å². The van der Waals surface area contributed by atoms with Crippen molar-refractivity contribution in [3.05, 3.63) is 48.5 Å². The molecule has 0 bridgehead atoms. The van der Waals surface area contributed by atoms with E-state index in [9.17, 15) is 4.79 Å². The first-order valence-corrected chi connectivity index (χ1v) is 7.78. The van der Waals surface area contributed by atoms with Gasteiger partial charge in [-0.05, 0) is 19.2 Å². The number of hydrogen-bond donors (Lipinski definition) is 0. The molecule has 0 aliphatic carbocycles. The van der Waals surface area contributed by atoms with Gasteiger partial charge >= 0.3 is 0 Å². The van der Waals surface area contributed by atoms with Crippen molar-refractivity contribution in [3.8, 4) is 5.75 Å². The van der Waals surface area contributed by atoms with Gasteiger partial charge in [0, 0.05) is 39.1 Å². The highest BCUT2D eigenvalue weighted by molar-refractivity contribution is 5.78. The maximum Gasteiger partial charge on any atom is 0.260 e. The number of piperazine rings is 1. The summed E-state index contributed by atoms with van der Waals surface area (Å²) in [5.74, 6) is 1.71. The summed E-state index contributed by atoms with van der Waals surface area (Å²) in [5, 5.41) is 0. The minimum absolute atomic E-state index is 0.0150. The van der Waals surface area contributed by atoms with Crippen LogP contribution in [0.1, 0.15) is 11.9 Å². The van der Waals surface area contributed by atoms with Crippen LogP contribution in [0.25, 0.3) is 0 Å². The third kappa shape index (κ3) is 3.53. The van der Waals surface area contributed by atoms with E-state index < -0.39 is 0 Å². The fraction of sp³-hybridized carbons (Fsp3) is 0.412. The second-order valence-electron chi connectivity index (χ2n) is 5.83. The molecule has 23 heavy (non-hydrogen) atoms. The maximum atomic E-state index is 12.4. The average Bonchev–Trinajstić information content (AvgIpc) is 3.00. The van der Waals surface area contributed by atoms with Crippen LogP contribution in [0.2, 0.25) is 0 Å². The smallest absolute Gasteiger partial charge is 0.260 e. The number of benzene rings is 1. The summed E-state index contributed by atoms with van der Waals surface area (Å²) in [7, 11) is 4.05. The number of para-hydroxylation sites is 1. The molecule has 2 aromatic rings. The van der Waals surface area contributed by atoms with Crippen molar-refractivity contribution < 1.29 is 9.53 Å². The van der Waals surface area contributed by atoms with E-state index in [1.807, 2.05) is 53.0 Å². The molecule has 1 aromatic heterocycles. The summed E-state index contributed by atoms with van der Waals surface area (Å²) >= 11 is 0. The van der Waals surface area contributed by atoms with Gasteiger partial charge in [-0.25, -0.2) is 4.98 Å². The first kappa shape index (κ1) is 15.6. The van der Waals surface area contributed by atoms with Crippen molar-refractivity contribution in [2.24, 2.45) is 7.05 Å². The van der Waals surface area contributed by atoms with E-state index in [0.29, 0.717) is 13.1 Å². The molecule has 3 rings (SSSR count). The largest absolute Gasteiger partial charge is 0.484 e. The fourth-order valence-electron chi connectivity index (χ4n) is 2.83. The highest BCUT2D eigenvalue weighted by Gasteiger charge is 2.30. The number of aromatic nitrogens is 2. The minimum atomic E-state index is 0.0150. The fourth-order valence-corrected chi connectivity index (χ4v) is 2.83. The lowest BCUT2D eigenvalue weighted by molar-refractivity contribution is -0.136. The first-order chi connectivity index (χ1) is 11.1. The van der Waals surface area contributed by atoms with Gasteiger partial charge in [-0.2, -0.15) is 0 Å². The zero-order valence-electron chi connectivity index (χ0n) is 13.6. The van der Waals surface area contributed by atoms with Gasteiger partial charge in [0.15, 0.2) is 6.61 Å². The van der Waals surface area contributed by atoms with Gasteiger partial charge < -0.3 is 14.2 Å². The van der Waals surface area contributed by atoms with Gasteiger partial charge in [-0.15, -0.1) is 0 Å². The first-order valence-electron chi connectivity index (χ1n) is 7.78. The maximum absolute atomic E-state index is 12.4. The molecule has 6 nitrogen and oxygen atoms in total. The normalized spacial score (nSPS) is 18.9. The lowest BCUT2D eigenvalue weighted by Gasteiger charge is -2.38. The summed E-state index contributed by atoms with van der Waals surface area (Å²) in [6, 6.07) is 9.54. The number of aryl methyl sites for hydroxylation is 1. The number of nitrogens with zero attached hydrogens (tertiary/aromatic N) is 4. The van der Waals surface area contributed by atoms with E-state index in [2.05, 4.69) is 16.9 Å². The molecule has 2 heterocycles. The van der Waals surface area contributed by atoms with Gasteiger partial charge in [-0.3, -0.25) is 9.69 Å². The molecule has 1 aliphatic rings. The predicted octanol–water partition coefficient (Wildman–Crippen LogP) is 1.31. The van der Waals surface area contributed by atoms with E-state index in [-0.39, 0.29) is 18.6 Å². The molecule has 0 unspecified atom stereocenters. The Kier molecular flexibility index (Phi) is 4.62. The van der Waals surface area contributed by atoms with Crippen molar-refractivity contribution in [2.75, 3.05) is 33.3 Å². The van der Waals surface area contributed by atoms with Crippen LogP contribution in [0.5, 0.6) is 5.75 Å². The molecule has 1 amide bonds. The lowest BCUT2D eigenvalue weighted by Crippen LogP contribution is -2.50. The zero-order valence-corrected chi connectivity index (χ0v) is 13.6. The topological polar surface area (TPSA) is 50.6 Å². The number of imidazole rings is 1. The molecule has 1 fully saturated rings. The quantitative estimate of drug-likeness (QED) is 0.854. The summed E-state index contributed by atoms with van der Waals surface area (Å²) < 4.78 is 7.58. The molecular formula is C17H22N4O2.